The predicted molar refractivity (Wildman–Crippen MR) is 94.6 cm³/mol. The highest BCUT2D eigenvalue weighted by molar-refractivity contribution is 14.1. The average molecular weight is 420 g/mol. The normalized spacial score (nSPS) is 13.6. The lowest BCUT2D eigenvalue weighted by Crippen LogP contribution is -2.28. The van der Waals surface area contributed by atoms with E-state index in [0.29, 0.717) is 6.42 Å². The Kier molecular flexibility index (Phi) is 9.66. The molecule has 0 spiro atoms. The summed E-state index contributed by atoms with van der Waals surface area (Å²) in [6.45, 7) is 4.09. The second-order valence-corrected chi connectivity index (χ2v) is 6.20. The zero-order valence-corrected chi connectivity index (χ0v) is 15.7. The third kappa shape index (κ3) is 6.22. The van der Waals surface area contributed by atoms with Gasteiger partial charge in [-0.1, -0.05) is 38.5 Å². The summed E-state index contributed by atoms with van der Waals surface area (Å²) in [7, 11) is 1.59. The van der Waals surface area contributed by atoms with Crippen LogP contribution in [0.3, 0.4) is 0 Å². The standard InChI is InChI=1S/C17H25IO4/c1-4-6-11-15(22-16(19)5-2)17(21-12-20-3)13-9-7-8-10-14(13)18/h7-10,15,17H,4-6,11-12H2,1-3H3/t15-,17-/m0/s1. The molecule has 0 amide bonds. The van der Waals surface area contributed by atoms with Gasteiger partial charge in [-0.05, 0) is 47.1 Å². The quantitative estimate of drug-likeness (QED) is 0.319. The van der Waals surface area contributed by atoms with E-state index in [9.17, 15) is 4.79 Å². The predicted octanol–water partition coefficient (Wildman–Crippen LogP) is 4.46. The molecule has 4 nitrogen and oxygen atoms in total. The highest BCUT2D eigenvalue weighted by atomic mass is 127. The molecule has 0 aromatic heterocycles. The van der Waals surface area contributed by atoms with Crippen LogP contribution in [0, 0.1) is 3.57 Å². The van der Waals surface area contributed by atoms with Gasteiger partial charge in [-0.2, -0.15) is 0 Å². The fourth-order valence-electron chi connectivity index (χ4n) is 2.17. The van der Waals surface area contributed by atoms with Crippen LogP contribution in [0.5, 0.6) is 0 Å². The number of methoxy groups -OCH3 is 1. The van der Waals surface area contributed by atoms with Gasteiger partial charge in [0.15, 0.2) is 0 Å². The molecule has 22 heavy (non-hydrogen) atoms. The van der Waals surface area contributed by atoms with Crippen molar-refractivity contribution in [1.82, 2.24) is 0 Å². The maximum atomic E-state index is 11.8. The molecule has 1 aromatic rings. The molecule has 0 aliphatic carbocycles. The summed E-state index contributed by atoms with van der Waals surface area (Å²) in [6.07, 6.45) is 2.57. The van der Waals surface area contributed by atoms with Crippen LogP contribution in [0.2, 0.25) is 0 Å². The van der Waals surface area contributed by atoms with Gasteiger partial charge in [0.25, 0.3) is 0 Å². The molecule has 0 saturated heterocycles. The van der Waals surface area contributed by atoms with E-state index in [1.807, 2.05) is 24.3 Å². The number of carbonyl (C=O) groups excluding carboxylic acids is 1. The Morgan fingerprint density at radius 2 is 2.00 bits per heavy atom. The van der Waals surface area contributed by atoms with Gasteiger partial charge < -0.3 is 14.2 Å². The summed E-state index contributed by atoms with van der Waals surface area (Å²) in [5, 5.41) is 0. The molecule has 1 rings (SSSR count). The summed E-state index contributed by atoms with van der Waals surface area (Å²) in [4.78, 5) is 11.8. The Morgan fingerprint density at radius 1 is 1.27 bits per heavy atom. The molecule has 0 N–H and O–H groups in total. The molecule has 0 saturated carbocycles. The number of hydrogen-bond acceptors (Lipinski definition) is 4. The minimum Gasteiger partial charge on any atom is -0.459 e. The summed E-state index contributed by atoms with van der Waals surface area (Å²) < 4.78 is 17.7. The van der Waals surface area contributed by atoms with Gasteiger partial charge in [-0.25, -0.2) is 0 Å². The van der Waals surface area contributed by atoms with Crippen LogP contribution in [0.25, 0.3) is 0 Å². The molecular weight excluding hydrogens is 395 g/mol. The fraction of sp³-hybridized carbons (Fsp3) is 0.588. The highest BCUT2D eigenvalue weighted by Crippen LogP contribution is 2.30. The average Bonchev–Trinajstić information content (AvgIpc) is 2.53. The van der Waals surface area contributed by atoms with E-state index in [1.54, 1.807) is 14.0 Å². The third-order valence-corrected chi connectivity index (χ3v) is 4.31. The lowest BCUT2D eigenvalue weighted by atomic mass is 10.00. The van der Waals surface area contributed by atoms with Crippen molar-refractivity contribution in [2.24, 2.45) is 0 Å². The minimum atomic E-state index is -0.310. The Hall–Kier alpha value is -0.660. The van der Waals surface area contributed by atoms with E-state index in [4.69, 9.17) is 14.2 Å². The maximum absolute atomic E-state index is 11.8. The molecule has 0 bridgehead atoms. The topological polar surface area (TPSA) is 44.8 Å². The third-order valence-electron chi connectivity index (χ3n) is 3.33. The van der Waals surface area contributed by atoms with Gasteiger partial charge in [-0.3, -0.25) is 4.79 Å². The fourth-order valence-corrected chi connectivity index (χ4v) is 2.87. The van der Waals surface area contributed by atoms with Crippen LogP contribution in [0.1, 0.15) is 51.2 Å². The number of benzene rings is 1. The molecule has 2 atom stereocenters. The largest absolute Gasteiger partial charge is 0.459 e. The first-order chi connectivity index (χ1) is 10.6. The highest BCUT2D eigenvalue weighted by Gasteiger charge is 2.28. The van der Waals surface area contributed by atoms with Gasteiger partial charge in [0.1, 0.15) is 19.0 Å². The van der Waals surface area contributed by atoms with E-state index in [2.05, 4.69) is 29.5 Å². The van der Waals surface area contributed by atoms with Crippen LogP contribution in [-0.4, -0.2) is 26.0 Å². The van der Waals surface area contributed by atoms with E-state index < -0.39 is 0 Å². The van der Waals surface area contributed by atoms with Crippen molar-refractivity contribution in [3.63, 3.8) is 0 Å². The first-order valence-electron chi connectivity index (χ1n) is 7.68. The molecular formula is C17H25IO4. The Bertz CT molecular complexity index is 450. The molecule has 0 aliphatic rings. The maximum Gasteiger partial charge on any atom is 0.305 e. The van der Waals surface area contributed by atoms with Crippen molar-refractivity contribution in [2.45, 2.75) is 51.7 Å². The zero-order chi connectivity index (χ0) is 16.4. The number of rotatable bonds is 10. The SMILES string of the molecule is CCCC[C@H](OC(=O)CC)[C@@H](OCOC)c1ccccc1I. The van der Waals surface area contributed by atoms with Crippen LogP contribution in [-0.2, 0) is 19.0 Å². The van der Waals surface area contributed by atoms with E-state index >= 15 is 0 Å². The number of halogens is 1. The molecule has 0 unspecified atom stereocenters. The molecule has 0 aliphatic heterocycles. The second kappa shape index (κ2) is 11.0. The molecule has 0 heterocycles. The summed E-state index contributed by atoms with van der Waals surface area (Å²) in [5.74, 6) is -0.196. The van der Waals surface area contributed by atoms with Gasteiger partial charge in [0.05, 0.1) is 0 Å². The summed E-state index contributed by atoms with van der Waals surface area (Å²) >= 11 is 2.28. The monoisotopic (exact) mass is 420 g/mol. The van der Waals surface area contributed by atoms with Crippen LogP contribution in [0.4, 0.5) is 0 Å². The second-order valence-electron chi connectivity index (χ2n) is 5.04. The first kappa shape index (κ1) is 19.4. The molecule has 0 fully saturated rings. The first-order valence-corrected chi connectivity index (χ1v) is 8.76. The van der Waals surface area contributed by atoms with Gasteiger partial charge >= 0.3 is 5.97 Å². The van der Waals surface area contributed by atoms with Crippen molar-refractivity contribution in [2.75, 3.05) is 13.9 Å². The van der Waals surface area contributed by atoms with Crippen molar-refractivity contribution in [3.8, 4) is 0 Å². The molecule has 5 heteroatoms. The molecule has 1 aromatic carbocycles. The Labute approximate surface area is 146 Å². The van der Waals surface area contributed by atoms with E-state index in [-0.39, 0.29) is 25.0 Å². The van der Waals surface area contributed by atoms with Crippen LogP contribution < -0.4 is 0 Å². The lowest BCUT2D eigenvalue weighted by molar-refractivity contribution is -0.167. The van der Waals surface area contributed by atoms with E-state index in [1.165, 1.54) is 0 Å². The Balaban J connectivity index is 3.01. The molecule has 0 radical (unpaired) electrons. The van der Waals surface area contributed by atoms with Crippen molar-refractivity contribution < 1.29 is 19.0 Å². The lowest BCUT2D eigenvalue weighted by Gasteiger charge is -2.28. The van der Waals surface area contributed by atoms with Gasteiger partial charge in [0, 0.05) is 17.1 Å². The number of ether oxygens (including phenoxy) is 3. The zero-order valence-electron chi connectivity index (χ0n) is 13.5. The molecule has 124 valence electrons. The smallest absolute Gasteiger partial charge is 0.305 e. The minimum absolute atomic E-state index is 0.169. The number of hydrogen-bond donors (Lipinski definition) is 0. The van der Waals surface area contributed by atoms with Crippen LogP contribution >= 0.6 is 22.6 Å². The van der Waals surface area contributed by atoms with Gasteiger partial charge in [-0.15, -0.1) is 0 Å². The van der Waals surface area contributed by atoms with Crippen molar-refractivity contribution >= 4 is 28.6 Å². The summed E-state index contributed by atoms with van der Waals surface area (Å²) in [6, 6.07) is 8.00. The number of unbranched alkanes of at least 4 members (excludes halogenated alkanes) is 1. The number of esters is 1. The van der Waals surface area contributed by atoms with Crippen LogP contribution in [0.15, 0.2) is 24.3 Å². The van der Waals surface area contributed by atoms with E-state index in [0.717, 1.165) is 28.4 Å². The summed E-state index contributed by atoms with van der Waals surface area (Å²) in [5.41, 5.74) is 1.03. The number of carbonyl (C=O) groups is 1. The van der Waals surface area contributed by atoms with Crippen molar-refractivity contribution in [3.05, 3.63) is 33.4 Å². The Morgan fingerprint density at radius 3 is 2.59 bits per heavy atom. The van der Waals surface area contributed by atoms with Gasteiger partial charge in [0.2, 0.25) is 0 Å². The van der Waals surface area contributed by atoms with Crippen molar-refractivity contribution in [1.29, 1.82) is 0 Å².